The zero-order chi connectivity index (χ0) is 12.9. The van der Waals surface area contributed by atoms with Gasteiger partial charge in [0.25, 0.3) is 0 Å². The molecule has 0 aromatic heterocycles. The molecule has 0 rings (SSSR count). The Morgan fingerprint density at radius 3 is 1.94 bits per heavy atom. The normalized spacial score (nSPS) is 15.9. The largest absolute Gasteiger partial charge is 0.470 e. The topological polar surface area (TPSA) is 165 Å². The van der Waals surface area contributed by atoms with Crippen LogP contribution in [0.1, 0.15) is 0 Å². The maximum Gasteiger partial charge on any atom is 0.470 e. The molecule has 0 unspecified atom stereocenters. The molecule has 0 aliphatic rings. The van der Waals surface area contributed by atoms with E-state index in [1.165, 1.54) is 0 Å². The minimum absolute atomic E-state index is 0. The Balaban J connectivity index is -0.00000112. The van der Waals surface area contributed by atoms with E-state index in [0.717, 1.165) is 0 Å². The Morgan fingerprint density at radius 2 is 1.61 bits per heavy atom. The fourth-order valence-electron chi connectivity index (χ4n) is 0.742. The van der Waals surface area contributed by atoms with Gasteiger partial charge in [-0.2, -0.15) is 0 Å². The predicted molar refractivity (Wildman–Crippen MR) is 59.6 cm³/mol. The summed E-state index contributed by atoms with van der Waals surface area (Å²) in [6.07, 6.45) is -5.81. The Hall–Kier alpha value is 1.62. The number of rotatable bonds is 7. The number of phosphoric ester groups is 1. The van der Waals surface area contributed by atoms with Crippen molar-refractivity contribution in [1.29, 1.82) is 0 Å². The second-order valence-electron chi connectivity index (χ2n) is 2.92. The molecule has 0 bridgehead atoms. The number of aliphatic hydroxyl groups is 4. The van der Waals surface area contributed by atoms with E-state index >= 15 is 0 Å². The van der Waals surface area contributed by atoms with E-state index in [2.05, 4.69) is 4.52 Å². The summed E-state index contributed by atoms with van der Waals surface area (Å²) in [4.78, 5) is 27.5. The minimum Gasteiger partial charge on any atom is -0.394 e. The van der Waals surface area contributed by atoms with Gasteiger partial charge < -0.3 is 30.2 Å². The number of hydrogen-bond donors (Lipinski definition) is 6. The monoisotopic (exact) mass is 306 g/mol. The predicted octanol–water partition coefficient (Wildman–Crippen LogP) is -4.02. The Kier molecular flexibility index (Phi) is 15.5. The van der Waals surface area contributed by atoms with Crippen molar-refractivity contribution in [3.05, 3.63) is 0 Å². The van der Waals surface area contributed by atoms with E-state index in [-0.39, 0.29) is 59.1 Å². The molecule has 0 spiro atoms. The molecule has 0 aromatic carbocycles. The van der Waals surface area contributed by atoms with Gasteiger partial charge >= 0.3 is 7.82 Å². The van der Waals surface area contributed by atoms with Crippen LogP contribution in [-0.2, 0) is 13.9 Å². The summed E-state index contributed by atoms with van der Waals surface area (Å²) in [7, 11) is -4.85. The third kappa shape index (κ3) is 10.4. The first-order chi connectivity index (χ1) is 7.19. The summed E-state index contributed by atoms with van der Waals surface area (Å²) in [5, 5.41) is 35.4. The van der Waals surface area contributed by atoms with E-state index in [1.54, 1.807) is 0 Å². The Bertz CT molecular complexity index is 282. The first kappa shape index (κ1) is 24.6. The third-order valence-electron chi connectivity index (χ3n) is 1.61. The van der Waals surface area contributed by atoms with Gasteiger partial charge in [0.15, 0.2) is 5.78 Å². The minimum atomic E-state index is -4.85. The van der Waals surface area contributed by atoms with Crippen molar-refractivity contribution in [3.8, 4) is 0 Å². The van der Waals surface area contributed by atoms with E-state index in [1.807, 2.05) is 0 Å². The van der Waals surface area contributed by atoms with Crippen molar-refractivity contribution in [2.45, 2.75) is 18.3 Å². The van der Waals surface area contributed by atoms with E-state index < -0.39 is 45.1 Å². The van der Waals surface area contributed by atoms with Crippen molar-refractivity contribution in [3.63, 3.8) is 0 Å². The Labute approximate surface area is 147 Å². The molecule has 0 saturated carbocycles. The summed E-state index contributed by atoms with van der Waals surface area (Å²) in [6, 6.07) is 0. The maximum atomic E-state index is 11.0. The van der Waals surface area contributed by atoms with Crippen LogP contribution in [0, 0.1) is 0 Å². The van der Waals surface area contributed by atoms with Gasteiger partial charge in [0.2, 0.25) is 0 Å². The molecule has 0 aromatic rings. The summed E-state index contributed by atoms with van der Waals surface area (Å²) < 4.78 is 14.0. The molecule has 2 radical (unpaired) electrons. The summed E-state index contributed by atoms with van der Waals surface area (Å²) in [6.45, 7) is -2.01. The van der Waals surface area contributed by atoms with Crippen LogP contribution in [0.2, 0.25) is 0 Å². The average Bonchev–Trinajstić information content (AvgIpc) is 2.21. The van der Waals surface area contributed by atoms with Gasteiger partial charge in [-0.3, -0.25) is 9.32 Å². The average molecular weight is 306 g/mol. The van der Waals surface area contributed by atoms with Gasteiger partial charge in [0, 0.05) is 59.1 Å². The van der Waals surface area contributed by atoms with E-state index in [9.17, 15) is 9.36 Å². The van der Waals surface area contributed by atoms with Gasteiger partial charge in [-0.25, -0.2) is 4.57 Å². The smallest absolute Gasteiger partial charge is 0.394 e. The molecule has 98 valence electrons. The molecule has 6 N–H and O–H groups in total. The first-order valence-corrected chi connectivity index (χ1v) is 5.60. The number of hydrogen-bond acceptors (Lipinski definition) is 7. The molecule has 0 aliphatic heterocycles. The molecule has 3 atom stereocenters. The summed E-state index contributed by atoms with van der Waals surface area (Å²) in [5.41, 5.74) is 0. The van der Waals surface area contributed by atoms with Gasteiger partial charge in [-0.15, -0.1) is 0 Å². The molecule has 18 heavy (non-hydrogen) atoms. The van der Waals surface area contributed by atoms with Crippen LogP contribution in [0.3, 0.4) is 0 Å². The van der Waals surface area contributed by atoms with Crippen LogP contribution < -0.4 is 0 Å². The SMILES string of the molecule is O=C(COP(=O)(O)O)[C@@H](O)[C@H](O)[C@H](O)CO.[Na].[Na]. The van der Waals surface area contributed by atoms with E-state index in [4.69, 9.17) is 30.2 Å². The zero-order valence-electron chi connectivity index (χ0n) is 10.0. The van der Waals surface area contributed by atoms with Crippen molar-refractivity contribution in [2.75, 3.05) is 13.2 Å². The molecule has 9 nitrogen and oxygen atoms in total. The molecular formula is C6H13Na2O9P. The fraction of sp³-hybridized carbons (Fsp3) is 0.833. The van der Waals surface area contributed by atoms with Crippen LogP contribution in [0.4, 0.5) is 0 Å². The number of aliphatic hydroxyl groups excluding tert-OH is 4. The van der Waals surface area contributed by atoms with Gasteiger partial charge in [-0.05, 0) is 0 Å². The van der Waals surface area contributed by atoms with Crippen molar-refractivity contribution >= 4 is 72.7 Å². The van der Waals surface area contributed by atoms with Gasteiger partial charge in [-0.1, -0.05) is 0 Å². The number of phosphoric acid groups is 1. The van der Waals surface area contributed by atoms with Crippen LogP contribution in [0.5, 0.6) is 0 Å². The molecule has 12 heteroatoms. The molecule has 0 amide bonds. The zero-order valence-corrected chi connectivity index (χ0v) is 14.9. The number of ketones is 1. The second-order valence-corrected chi connectivity index (χ2v) is 4.16. The fourth-order valence-corrected chi connectivity index (χ4v) is 1.04. The van der Waals surface area contributed by atoms with Crippen molar-refractivity contribution < 1.29 is 44.1 Å². The maximum absolute atomic E-state index is 11.0. The molecule has 0 saturated heterocycles. The van der Waals surface area contributed by atoms with Crippen LogP contribution >= 0.6 is 7.82 Å². The molecule has 0 heterocycles. The third-order valence-corrected chi connectivity index (χ3v) is 2.08. The number of carbonyl (C=O) groups excluding carboxylic acids is 1. The first-order valence-electron chi connectivity index (χ1n) is 4.07. The van der Waals surface area contributed by atoms with Crippen molar-refractivity contribution in [1.82, 2.24) is 0 Å². The molecule has 0 fully saturated rings. The molecule has 0 aliphatic carbocycles. The van der Waals surface area contributed by atoms with Crippen LogP contribution in [0.25, 0.3) is 0 Å². The standard InChI is InChI=1S/C6H13O9P.2Na/c7-1-3(8)5(10)6(11)4(9)2-15-16(12,13)14;;/h3,5-8,10-11H,1-2H2,(H2,12,13,14);;/t3-,5-,6-;;/m1../s1. The second kappa shape index (κ2) is 11.3. The van der Waals surface area contributed by atoms with Gasteiger partial charge in [0.05, 0.1) is 6.61 Å². The van der Waals surface area contributed by atoms with Gasteiger partial charge in [0.1, 0.15) is 24.9 Å². The summed E-state index contributed by atoms with van der Waals surface area (Å²) in [5.74, 6) is -1.23. The van der Waals surface area contributed by atoms with Crippen molar-refractivity contribution in [2.24, 2.45) is 0 Å². The summed E-state index contributed by atoms with van der Waals surface area (Å²) >= 11 is 0. The Morgan fingerprint density at radius 1 is 1.17 bits per heavy atom. The quantitative estimate of drug-likeness (QED) is 0.203. The van der Waals surface area contributed by atoms with Crippen LogP contribution in [0.15, 0.2) is 0 Å². The van der Waals surface area contributed by atoms with E-state index in [0.29, 0.717) is 0 Å². The number of Topliss-reactive ketones (excluding diaryl/α,β-unsaturated/α-hetero) is 1. The number of carbonyl (C=O) groups is 1. The van der Waals surface area contributed by atoms with Crippen LogP contribution in [-0.4, -0.2) is 127 Å². The molecular weight excluding hydrogens is 293 g/mol.